The number of fused-ring (bicyclic) bond motifs is 1. The van der Waals surface area contributed by atoms with Crippen molar-refractivity contribution < 1.29 is 14.3 Å². The average molecular weight is 726 g/mol. The van der Waals surface area contributed by atoms with E-state index in [-0.39, 0.29) is 12.2 Å². The van der Waals surface area contributed by atoms with Crippen LogP contribution in [0.1, 0.15) is 36.6 Å². The molecule has 1 aliphatic rings. The molecular weight excluding hydrogens is 702 g/mol. The van der Waals surface area contributed by atoms with E-state index in [0.29, 0.717) is 33.0 Å². The van der Waals surface area contributed by atoms with E-state index in [1.165, 1.54) is 11.3 Å². The Labute approximate surface area is 240 Å². The van der Waals surface area contributed by atoms with Crippen molar-refractivity contribution in [3.8, 4) is 5.75 Å². The van der Waals surface area contributed by atoms with Crippen molar-refractivity contribution in [1.29, 1.82) is 0 Å². The predicted octanol–water partition coefficient (Wildman–Crippen LogP) is 4.88. The number of nitrogens with zero attached hydrogens (tertiary/aromatic N) is 2. The molecule has 0 fully saturated rings. The number of allylic oxidation sites excluding steroid dienone is 1. The molecule has 2 heterocycles. The van der Waals surface area contributed by atoms with Crippen LogP contribution in [-0.4, -0.2) is 23.8 Å². The Morgan fingerprint density at radius 3 is 2.61 bits per heavy atom. The van der Waals surface area contributed by atoms with Crippen LogP contribution in [0.25, 0.3) is 6.08 Å². The molecule has 6 nitrogen and oxygen atoms in total. The van der Waals surface area contributed by atoms with Crippen molar-refractivity contribution >= 4 is 68.6 Å². The Morgan fingerprint density at radius 2 is 1.94 bits per heavy atom. The van der Waals surface area contributed by atoms with Gasteiger partial charge in [0.2, 0.25) is 0 Å². The minimum absolute atomic E-state index is 0.220. The first-order chi connectivity index (χ1) is 17.2. The number of carbonyl (C=O) groups is 1. The number of aromatic nitrogens is 1. The third-order valence-corrected chi connectivity index (χ3v) is 7.99. The van der Waals surface area contributed by atoms with Crippen LogP contribution in [0.15, 0.2) is 70.1 Å². The summed E-state index contributed by atoms with van der Waals surface area (Å²) in [7, 11) is 0. The van der Waals surface area contributed by atoms with Gasteiger partial charge in [-0.2, -0.15) is 0 Å². The van der Waals surface area contributed by atoms with Crippen molar-refractivity contribution in [2.75, 3.05) is 13.2 Å². The molecule has 2 aromatic carbocycles. The molecule has 1 atom stereocenters. The number of ether oxygens (including phenoxy) is 2. The van der Waals surface area contributed by atoms with Gasteiger partial charge in [0.05, 0.1) is 32.0 Å². The van der Waals surface area contributed by atoms with Gasteiger partial charge in [0.1, 0.15) is 12.4 Å². The number of halogens is 2. The first kappa shape index (κ1) is 26.8. The minimum atomic E-state index is -0.629. The summed E-state index contributed by atoms with van der Waals surface area (Å²) in [5, 5.41) is 0. The molecule has 1 unspecified atom stereocenters. The largest absolute Gasteiger partial charge is 0.488 e. The molecule has 0 bridgehead atoms. The summed E-state index contributed by atoms with van der Waals surface area (Å²) in [6.45, 7) is 9.87. The lowest BCUT2D eigenvalue weighted by Crippen LogP contribution is -2.39. The van der Waals surface area contributed by atoms with E-state index in [2.05, 4.69) is 56.8 Å². The number of thiazole rings is 1. The van der Waals surface area contributed by atoms with Gasteiger partial charge in [-0.05, 0) is 89.7 Å². The zero-order valence-electron chi connectivity index (χ0n) is 20.0. The van der Waals surface area contributed by atoms with Crippen LogP contribution in [0.3, 0.4) is 0 Å². The quantitative estimate of drug-likeness (QED) is 0.198. The zero-order chi connectivity index (χ0) is 26.0. The molecule has 186 valence electrons. The van der Waals surface area contributed by atoms with Gasteiger partial charge in [-0.3, -0.25) is 9.36 Å². The van der Waals surface area contributed by atoms with Crippen LogP contribution < -0.4 is 19.6 Å². The molecule has 0 amide bonds. The molecule has 9 heteroatoms. The Morgan fingerprint density at radius 1 is 1.22 bits per heavy atom. The maximum absolute atomic E-state index is 13.8. The van der Waals surface area contributed by atoms with Gasteiger partial charge in [-0.25, -0.2) is 9.79 Å². The summed E-state index contributed by atoms with van der Waals surface area (Å²) in [6.07, 6.45) is 3.52. The van der Waals surface area contributed by atoms with Gasteiger partial charge in [0.25, 0.3) is 5.56 Å². The average Bonchev–Trinajstić information content (AvgIpc) is 3.12. The fraction of sp³-hybridized carbons (Fsp3) is 0.222. The van der Waals surface area contributed by atoms with Crippen molar-refractivity contribution in [3.63, 3.8) is 0 Å². The van der Waals surface area contributed by atoms with Gasteiger partial charge >= 0.3 is 5.97 Å². The van der Waals surface area contributed by atoms with E-state index in [4.69, 9.17) is 9.47 Å². The molecule has 0 radical (unpaired) electrons. The van der Waals surface area contributed by atoms with Crippen LogP contribution in [0, 0.1) is 14.1 Å². The number of rotatable bonds is 7. The maximum atomic E-state index is 13.8. The number of hydrogen-bond acceptors (Lipinski definition) is 6. The van der Waals surface area contributed by atoms with Crippen LogP contribution in [0.2, 0.25) is 0 Å². The lowest BCUT2D eigenvalue weighted by Gasteiger charge is -2.24. The fourth-order valence-corrected chi connectivity index (χ4v) is 7.06. The molecule has 0 aliphatic carbocycles. The highest BCUT2D eigenvalue weighted by Crippen LogP contribution is 2.31. The molecular formula is C27H24I2N2O4S. The van der Waals surface area contributed by atoms with E-state index in [1.54, 1.807) is 24.5 Å². The molecule has 0 saturated heterocycles. The summed E-state index contributed by atoms with van der Waals surface area (Å²) < 4.78 is 15.4. The zero-order valence-corrected chi connectivity index (χ0v) is 25.1. The SMILES string of the molecule is C=CCOc1c(I)cc(I)cc1C=c1sc2n(c1=O)C(c1ccc(C)cc1)C(C(=O)OCC)=C(C)N=2. The second-order valence-corrected chi connectivity index (χ2v) is 11.5. The smallest absolute Gasteiger partial charge is 0.338 e. The Bertz CT molecular complexity index is 1550. The van der Waals surface area contributed by atoms with Crippen LogP contribution in [0.5, 0.6) is 5.75 Å². The Balaban J connectivity index is 1.96. The van der Waals surface area contributed by atoms with Crippen molar-refractivity contribution in [2.45, 2.75) is 26.8 Å². The molecule has 3 aromatic rings. The third kappa shape index (κ3) is 5.37. The minimum Gasteiger partial charge on any atom is -0.488 e. The lowest BCUT2D eigenvalue weighted by atomic mass is 9.95. The highest BCUT2D eigenvalue weighted by Gasteiger charge is 2.33. The van der Waals surface area contributed by atoms with Gasteiger partial charge in [-0.15, -0.1) is 0 Å². The fourth-order valence-electron chi connectivity index (χ4n) is 3.98. The predicted molar refractivity (Wildman–Crippen MR) is 159 cm³/mol. The Hall–Kier alpha value is -2.25. The van der Waals surface area contributed by atoms with Crippen molar-refractivity contribution in [1.82, 2.24) is 4.57 Å². The number of aryl methyl sites for hydroxylation is 1. The first-order valence-electron chi connectivity index (χ1n) is 11.2. The van der Waals surface area contributed by atoms with Crippen molar-refractivity contribution in [2.24, 2.45) is 4.99 Å². The number of esters is 1. The highest BCUT2D eigenvalue weighted by molar-refractivity contribution is 14.1. The Kier molecular flexibility index (Phi) is 8.51. The molecule has 0 spiro atoms. The van der Waals surface area contributed by atoms with Gasteiger partial charge in [-0.1, -0.05) is 53.8 Å². The molecule has 0 saturated carbocycles. The molecule has 0 N–H and O–H groups in total. The number of benzene rings is 2. The second-order valence-electron chi connectivity index (χ2n) is 8.12. The topological polar surface area (TPSA) is 69.9 Å². The molecule has 1 aliphatic heterocycles. The molecule has 1 aromatic heterocycles. The van der Waals surface area contributed by atoms with Gasteiger partial charge in [0.15, 0.2) is 4.80 Å². The summed E-state index contributed by atoms with van der Waals surface area (Å²) in [5.41, 5.74) is 3.41. The van der Waals surface area contributed by atoms with Gasteiger partial charge < -0.3 is 9.47 Å². The van der Waals surface area contributed by atoms with Crippen LogP contribution >= 0.6 is 56.5 Å². The van der Waals surface area contributed by atoms with E-state index < -0.39 is 12.0 Å². The second kappa shape index (κ2) is 11.4. The third-order valence-electron chi connectivity index (χ3n) is 5.58. The van der Waals surface area contributed by atoms with Crippen molar-refractivity contribution in [3.05, 3.63) is 104 Å². The summed E-state index contributed by atoms with van der Waals surface area (Å²) in [5.74, 6) is 0.228. The summed E-state index contributed by atoms with van der Waals surface area (Å²) in [4.78, 5) is 32.0. The normalized spacial score (nSPS) is 15.4. The van der Waals surface area contributed by atoms with E-state index >= 15 is 0 Å². The lowest BCUT2D eigenvalue weighted by molar-refractivity contribution is -0.139. The standard InChI is InChI=1S/C27H24I2N2O4S/c1-5-11-35-24-18(12-19(28)14-20(24)29)13-21-25(32)31-23(17-9-7-15(3)8-10-17)22(26(33)34-6-2)16(4)30-27(31)36-21/h5,7-10,12-14,23H,1,6,11H2,2-4H3. The van der Waals surface area contributed by atoms with E-state index in [0.717, 1.165) is 23.8 Å². The maximum Gasteiger partial charge on any atom is 0.338 e. The first-order valence-corrected chi connectivity index (χ1v) is 14.2. The summed E-state index contributed by atoms with van der Waals surface area (Å²) in [6, 6.07) is 11.2. The van der Waals surface area contributed by atoms with E-state index in [9.17, 15) is 9.59 Å². The highest BCUT2D eigenvalue weighted by atomic mass is 127. The number of hydrogen-bond donors (Lipinski definition) is 0. The van der Waals surface area contributed by atoms with Crippen LogP contribution in [-0.2, 0) is 9.53 Å². The molecule has 4 rings (SSSR count). The monoisotopic (exact) mass is 726 g/mol. The van der Waals surface area contributed by atoms with E-state index in [1.807, 2.05) is 49.4 Å². The number of carbonyl (C=O) groups excluding carboxylic acids is 1. The summed E-state index contributed by atoms with van der Waals surface area (Å²) >= 11 is 5.78. The molecule has 36 heavy (non-hydrogen) atoms. The van der Waals surface area contributed by atoms with Crippen LogP contribution in [0.4, 0.5) is 0 Å². The van der Waals surface area contributed by atoms with Gasteiger partial charge in [0, 0.05) is 9.13 Å².